The number of amides is 1. The third kappa shape index (κ3) is 7.86. The van der Waals surface area contributed by atoms with Crippen LogP contribution in [0, 0.1) is 0 Å². The van der Waals surface area contributed by atoms with E-state index in [4.69, 9.17) is 9.47 Å². The highest BCUT2D eigenvalue weighted by Gasteiger charge is 2.02. The molecule has 1 rings (SSSR count). The molecule has 0 saturated heterocycles. The lowest BCUT2D eigenvalue weighted by molar-refractivity contribution is -0.123. The van der Waals surface area contributed by atoms with Gasteiger partial charge in [0.1, 0.15) is 11.5 Å². The number of nitrogens with one attached hydrogen (secondary N) is 2. The van der Waals surface area contributed by atoms with E-state index in [0.717, 1.165) is 25.3 Å². The molecule has 1 aromatic rings. The minimum absolute atomic E-state index is 0. The van der Waals surface area contributed by atoms with E-state index < -0.39 is 0 Å². The lowest BCUT2D eigenvalue weighted by Crippen LogP contribution is -2.34. The molecule has 1 aromatic carbocycles. The van der Waals surface area contributed by atoms with Crippen molar-refractivity contribution in [3.8, 4) is 11.5 Å². The van der Waals surface area contributed by atoms with Crippen molar-refractivity contribution in [1.29, 1.82) is 0 Å². The summed E-state index contributed by atoms with van der Waals surface area (Å²) in [5, 5.41) is 5.99. The number of benzene rings is 1. The molecular weight excluding hydrogens is 280 g/mol. The van der Waals surface area contributed by atoms with Crippen LogP contribution in [0.4, 0.5) is 0 Å². The second-order valence-corrected chi connectivity index (χ2v) is 4.06. The third-order valence-corrected chi connectivity index (χ3v) is 2.48. The van der Waals surface area contributed by atoms with Crippen molar-refractivity contribution in [3.05, 3.63) is 24.3 Å². The van der Waals surface area contributed by atoms with Crippen molar-refractivity contribution in [2.75, 3.05) is 33.4 Å². The molecule has 0 aliphatic rings. The highest BCUT2D eigenvalue weighted by molar-refractivity contribution is 5.85. The van der Waals surface area contributed by atoms with Gasteiger partial charge in [-0.3, -0.25) is 4.79 Å². The third-order valence-electron chi connectivity index (χ3n) is 2.48. The second kappa shape index (κ2) is 11.4. The zero-order valence-electron chi connectivity index (χ0n) is 12.0. The quantitative estimate of drug-likeness (QED) is 0.681. The summed E-state index contributed by atoms with van der Waals surface area (Å²) in [5.74, 6) is 1.30. The Kier molecular flexibility index (Phi) is 10.5. The number of halogens is 1. The van der Waals surface area contributed by atoms with Crippen LogP contribution in [0.25, 0.3) is 0 Å². The van der Waals surface area contributed by atoms with Gasteiger partial charge >= 0.3 is 0 Å². The molecule has 0 spiro atoms. The maximum atomic E-state index is 11.5. The molecule has 2 N–H and O–H groups in total. The highest BCUT2D eigenvalue weighted by atomic mass is 35.5. The maximum Gasteiger partial charge on any atom is 0.257 e. The van der Waals surface area contributed by atoms with Crippen molar-refractivity contribution < 1.29 is 14.3 Å². The van der Waals surface area contributed by atoms with Crippen molar-refractivity contribution in [2.45, 2.75) is 13.3 Å². The number of hydrogen-bond acceptors (Lipinski definition) is 4. The van der Waals surface area contributed by atoms with E-state index in [1.807, 2.05) is 0 Å². The first-order valence-electron chi connectivity index (χ1n) is 6.50. The topological polar surface area (TPSA) is 59.6 Å². The number of carbonyl (C=O) groups is 1. The van der Waals surface area contributed by atoms with E-state index in [1.165, 1.54) is 0 Å². The summed E-state index contributed by atoms with van der Waals surface area (Å²) in [6.45, 7) is 4.50. The normalized spacial score (nSPS) is 9.50. The molecule has 5 nitrogen and oxygen atoms in total. The summed E-state index contributed by atoms with van der Waals surface area (Å²) in [4.78, 5) is 11.5. The SMILES string of the molecule is CCCNCCNC(=O)COc1ccc(OC)cc1.Cl. The van der Waals surface area contributed by atoms with E-state index in [-0.39, 0.29) is 24.9 Å². The Morgan fingerprint density at radius 3 is 2.35 bits per heavy atom. The number of ether oxygens (including phenoxy) is 2. The molecule has 0 unspecified atom stereocenters. The standard InChI is InChI=1S/C14H22N2O3.ClH/c1-3-8-15-9-10-16-14(17)11-19-13-6-4-12(18-2)5-7-13;/h4-7,15H,3,8-11H2,1-2H3,(H,16,17);1H. The van der Waals surface area contributed by atoms with Gasteiger partial charge in [-0.1, -0.05) is 6.92 Å². The van der Waals surface area contributed by atoms with Gasteiger partial charge in [0.15, 0.2) is 6.61 Å². The van der Waals surface area contributed by atoms with Gasteiger partial charge in [0, 0.05) is 13.1 Å². The zero-order chi connectivity index (χ0) is 13.9. The highest BCUT2D eigenvalue weighted by Crippen LogP contribution is 2.16. The predicted molar refractivity (Wildman–Crippen MR) is 81.9 cm³/mol. The molecule has 0 aromatic heterocycles. The van der Waals surface area contributed by atoms with E-state index >= 15 is 0 Å². The van der Waals surface area contributed by atoms with Gasteiger partial charge in [-0.15, -0.1) is 12.4 Å². The Labute approximate surface area is 126 Å². The molecule has 0 aliphatic heterocycles. The predicted octanol–water partition coefficient (Wildman–Crippen LogP) is 1.61. The molecule has 0 atom stereocenters. The summed E-state index contributed by atoms with van der Waals surface area (Å²) in [7, 11) is 1.61. The Hall–Kier alpha value is -1.46. The van der Waals surface area contributed by atoms with Crippen molar-refractivity contribution >= 4 is 18.3 Å². The minimum atomic E-state index is -0.117. The molecule has 0 heterocycles. The summed E-state index contributed by atoms with van der Waals surface area (Å²) in [5.41, 5.74) is 0. The average Bonchev–Trinajstić information content (AvgIpc) is 2.45. The summed E-state index contributed by atoms with van der Waals surface area (Å²) >= 11 is 0. The van der Waals surface area contributed by atoms with Gasteiger partial charge in [-0.2, -0.15) is 0 Å². The van der Waals surface area contributed by atoms with Crippen molar-refractivity contribution in [2.24, 2.45) is 0 Å². The van der Waals surface area contributed by atoms with Crippen molar-refractivity contribution in [3.63, 3.8) is 0 Å². The summed E-state index contributed by atoms with van der Waals surface area (Å²) < 4.78 is 10.4. The van der Waals surface area contributed by atoms with Gasteiger partial charge in [0.25, 0.3) is 5.91 Å². The molecule has 0 fully saturated rings. The molecule has 0 radical (unpaired) electrons. The minimum Gasteiger partial charge on any atom is -0.497 e. The molecule has 114 valence electrons. The first-order valence-corrected chi connectivity index (χ1v) is 6.50. The van der Waals surface area contributed by atoms with Crippen LogP contribution >= 0.6 is 12.4 Å². The number of rotatable bonds is 9. The van der Waals surface area contributed by atoms with Gasteiger partial charge < -0.3 is 20.1 Å². The molecule has 20 heavy (non-hydrogen) atoms. The lowest BCUT2D eigenvalue weighted by atomic mass is 10.3. The molecule has 6 heteroatoms. The van der Waals surface area contributed by atoms with E-state index in [9.17, 15) is 4.79 Å². The first kappa shape index (κ1) is 18.5. The fraction of sp³-hybridized carbons (Fsp3) is 0.500. The number of carbonyl (C=O) groups excluding carboxylic acids is 1. The van der Waals surface area contributed by atoms with Gasteiger partial charge in [0.2, 0.25) is 0 Å². The van der Waals surface area contributed by atoms with Crippen molar-refractivity contribution in [1.82, 2.24) is 10.6 Å². The fourth-order valence-electron chi connectivity index (χ4n) is 1.46. The van der Waals surface area contributed by atoms with E-state index in [1.54, 1.807) is 31.4 Å². The van der Waals surface area contributed by atoms with Gasteiger partial charge in [-0.05, 0) is 37.2 Å². The molecule has 0 saturated carbocycles. The van der Waals surface area contributed by atoms with Crippen LogP contribution in [-0.4, -0.2) is 39.3 Å². The monoisotopic (exact) mass is 302 g/mol. The van der Waals surface area contributed by atoms with E-state index in [2.05, 4.69) is 17.6 Å². The lowest BCUT2D eigenvalue weighted by Gasteiger charge is -2.08. The van der Waals surface area contributed by atoms with Crippen LogP contribution in [0.15, 0.2) is 24.3 Å². The van der Waals surface area contributed by atoms with E-state index in [0.29, 0.717) is 12.3 Å². The smallest absolute Gasteiger partial charge is 0.257 e. The largest absolute Gasteiger partial charge is 0.497 e. The molecule has 0 bridgehead atoms. The summed E-state index contributed by atoms with van der Waals surface area (Å²) in [6, 6.07) is 7.13. The van der Waals surface area contributed by atoms with Crippen LogP contribution in [0.5, 0.6) is 11.5 Å². The Balaban J connectivity index is 0.00000361. The average molecular weight is 303 g/mol. The number of methoxy groups -OCH3 is 1. The van der Waals surface area contributed by atoms with Crippen LogP contribution in [0.3, 0.4) is 0 Å². The second-order valence-electron chi connectivity index (χ2n) is 4.06. The molecule has 0 aliphatic carbocycles. The van der Waals surface area contributed by atoms with Gasteiger partial charge in [0.05, 0.1) is 7.11 Å². The first-order chi connectivity index (χ1) is 9.26. The van der Waals surface area contributed by atoms with Crippen LogP contribution in [0.1, 0.15) is 13.3 Å². The Morgan fingerprint density at radius 1 is 1.10 bits per heavy atom. The Bertz CT molecular complexity index is 371. The molecular formula is C14H23ClN2O3. The van der Waals surface area contributed by atoms with Gasteiger partial charge in [-0.25, -0.2) is 0 Å². The van der Waals surface area contributed by atoms with Crippen LogP contribution < -0.4 is 20.1 Å². The van der Waals surface area contributed by atoms with Crippen LogP contribution in [-0.2, 0) is 4.79 Å². The Morgan fingerprint density at radius 2 is 1.75 bits per heavy atom. The fourth-order valence-corrected chi connectivity index (χ4v) is 1.46. The summed E-state index contributed by atoms with van der Waals surface area (Å²) in [6.07, 6.45) is 1.09. The zero-order valence-corrected chi connectivity index (χ0v) is 12.8. The molecule has 1 amide bonds. The van der Waals surface area contributed by atoms with Crippen LogP contribution in [0.2, 0.25) is 0 Å². The number of hydrogen-bond donors (Lipinski definition) is 2. The maximum absolute atomic E-state index is 11.5.